The van der Waals surface area contributed by atoms with Crippen molar-refractivity contribution >= 4 is 11.9 Å². The van der Waals surface area contributed by atoms with Gasteiger partial charge in [0.2, 0.25) is 5.91 Å². The Balaban J connectivity index is 1.38. The number of aliphatic carboxylic acids is 1. The van der Waals surface area contributed by atoms with Crippen LogP contribution in [0.1, 0.15) is 25.7 Å². The Hall–Kier alpha value is -2.11. The molecule has 1 heterocycles. The van der Waals surface area contributed by atoms with Crippen LogP contribution >= 0.6 is 0 Å². The molecule has 1 amide bonds. The number of unbranched alkanes of at least 4 members (excludes halogenated alkanes) is 2. The first-order valence-corrected chi connectivity index (χ1v) is 8.31. The lowest BCUT2D eigenvalue weighted by atomic mass is 9.82. The smallest absolute Gasteiger partial charge is 0.307 e. The van der Waals surface area contributed by atoms with E-state index < -0.39 is 17.8 Å². The number of hydrogen-bond acceptors (Lipinski definition) is 3. The Bertz CT molecular complexity index is 582. The van der Waals surface area contributed by atoms with E-state index in [0.29, 0.717) is 6.54 Å². The Labute approximate surface area is 135 Å². The summed E-state index contributed by atoms with van der Waals surface area (Å²) in [6.45, 7) is 1.55. The molecule has 0 aliphatic heterocycles. The van der Waals surface area contributed by atoms with Gasteiger partial charge in [0.1, 0.15) is 0 Å². The topological polar surface area (TPSA) is 84.2 Å². The molecule has 1 saturated carbocycles. The number of amides is 1. The van der Waals surface area contributed by atoms with Gasteiger partial charge in [-0.3, -0.25) is 9.59 Å². The highest BCUT2D eigenvalue weighted by atomic mass is 16.4. The highest BCUT2D eigenvalue weighted by Gasteiger charge is 2.51. The minimum Gasteiger partial charge on any atom is -0.481 e. The number of allylic oxidation sites excluding steroid dienone is 2. The monoisotopic (exact) mass is 317 g/mol. The number of hydrogen-bond donors (Lipinski definition) is 2. The molecule has 1 fully saturated rings. The van der Waals surface area contributed by atoms with Gasteiger partial charge in [0.15, 0.2) is 0 Å². The molecule has 3 rings (SSSR count). The van der Waals surface area contributed by atoms with Crippen molar-refractivity contribution in [2.24, 2.45) is 23.7 Å². The summed E-state index contributed by atoms with van der Waals surface area (Å²) < 4.78 is 2.04. The normalized spacial score (nSPS) is 28.2. The predicted octanol–water partition coefficient (Wildman–Crippen LogP) is 1.69. The first kappa shape index (κ1) is 15.8. The summed E-state index contributed by atoms with van der Waals surface area (Å²) in [5.74, 6) is -1.75. The van der Waals surface area contributed by atoms with Crippen LogP contribution in [-0.4, -0.2) is 33.1 Å². The van der Waals surface area contributed by atoms with Crippen LogP contribution in [-0.2, 0) is 16.1 Å². The predicted molar refractivity (Wildman–Crippen MR) is 84.4 cm³/mol. The second kappa shape index (κ2) is 6.98. The van der Waals surface area contributed by atoms with Crippen LogP contribution in [0.3, 0.4) is 0 Å². The maximum absolute atomic E-state index is 12.3. The zero-order valence-corrected chi connectivity index (χ0v) is 13.1. The number of rotatable bonds is 8. The summed E-state index contributed by atoms with van der Waals surface area (Å²) in [5, 5.41) is 12.3. The number of carboxylic acid groups (broad SMARTS) is 1. The van der Waals surface area contributed by atoms with E-state index in [0.717, 1.165) is 32.2 Å². The van der Waals surface area contributed by atoms with Crippen molar-refractivity contribution in [3.8, 4) is 0 Å². The van der Waals surface area contributed by atoms with Gasteiger partial charge in [-0.1, -0.05) is 12.2 Å². The molecule has 1 aromatic heterocycles. The van der Waals surface area contributed by atoms with Crippen LogP contribution in [0.25, 0.3) is 0 Å². The molecular formula is C17H23N3O3. The number of carbonyl (C=O) groups is 2. The second-order valence-electron chi connectivity index (χ2n) is 6.49. The standard InChI is InChI=1S/C17H23N3O3/c21-16(14-12-4-5-13(10-12)15(14)17(22)23)19-6-2-1-3-8-20-9-7-18-11-20/h4-5,7,9,11-15H,1-3,6,8,10H2,(H,19,21)(H,22,23). The van der Waals surface area contributed by atoms with E-state index in [2.05, 4.69) is 10.3 Å². The van der Waals surface area contributed by atoms with Crippen molar-refractivity contribution in [3.05, 3.63) is 30.9 Å². The maximum Gasteiger partial charge on any atom is 0.307 e. The maximum atomic E-state index is 12.3. The van der Waals surface area contributed by atoms with E-state index in [1.807, 2.05) is 22.9 Å². The summed E-state index contributed by atoms with van der Waals surface area (Å²) in [6, 6.07) is 0. The molecule has 0 saturated heterocycles. The lowest BCUT2D eigenvalue weighted by Crippen LogP contribution is -2.40. The Morgan fingerprint density at radius 1 is 1.17 bits per heavy atom. The van der Waals surface area contributed by atoms with Gasteiger partial charge in [-0.25, -0.2) is 4.98 Å². The fraction of sp³-hybridized carbons (Fsp3) is 0.588. The first-order valence-electron chi connectivity index (χ1n) is 8.31. The zero-order chi connectivity index (χ0) is 16.2. The lowest BCUT2D eigenvalue weighted by Gasteiger charge is -2.23. The molecule has 0 aromatic carbocycles. The molecule has 23 heavy (non-hydrogen) atoms. The number of aryl methyl sites for hydroxylation is 1. The molecule has 4 unspecified atom stereocenters. The van der Waals surface area contributed by atoms with Gasteiger partial charge in [-0.15, -0.1) is 0 Å². The van der Waals surface area contributed by atoms with Crippen molar-refractivity contribution in [3.63, 3.8) is 0 Å². The third kappa shape index (κ3) is 3.46. The molecular weight excluding hydrogens is 294 g/mol. The van der Waals surface area contributed by atoms with Gasteiger partial charge < -0.3 is 15.0 Å². The first-order chi connectivity index (χ1) is 11.2. The highest BCUT2D eigenvalue weighted by Crippen LogP contribution is 2.48. The summed E-state index contributed by atoms with van der Waals surface area (Å²) in [5.41, 5.74) is 0. The molecule has 6 nitrogen and oxygen atoms in total. The van der Waals surface area contributed by atoms with Crippen molar-refractivity contribution < 1.29 is 14.7 Å². The molecule has 0 spiro atoms. The van der Waals surface area contributed by atoms with Crippen molar-refractivity contribution in [1.82, 2.24) is 14.9 Å². The fourth-order valence-corrected chi connectivity index (χ4v) is 3.86. The second-order valence-corrected chi connectivity index (χ2v) is 6.49. The summed E-state index contributed by atoms with van der Waals surface area (Å²) >= 11 is 0. The summed E-state index contributed by atoms with van der Waals surface area (Å²) in [4.78, 5) is 27.8. The van der Waals surface area contributed by atoms with E-state index in [4.69, 9.17) is 0 Å². The zero-order valence-electron chi connectivity index (χ0n) is 13.1. The quantitative estimate of drug-likeness (QED) is 0.564. The molecule has 0 radical (unpaired) electrons. The van der Waals surface area contributed by atoms with Crippen LogP contribution < -0.4 is 5.32 Å². The van der Waals surface area contributed by atoms with Crippen LogP contribution in [0.5, 0.6) is 0 Å². The number of carbonyl (C=O) groups excluding carboxylic acids is 1. The Morgan fingerprint density at radius 2 is 1.96 bits per heavy atom. The summed E-state index contributed by atoms with van der Waals surface area (Å²) in [7, 11) is 0. The fourth-order valence-electron chi connectivity index (χ4n) is 3.86. The van der Waals surface area contributed by atoms with Crippen molar-refractivity contribution in [2.75, 3.05) is 6.54 Å². The highest BCUT2D eigenvalue weighted by molar-refractivity contribution is 5.86. The SMILES string of the molecule is O=C(O)C1C2C=CC(C2)C1C(=O)NCCCCCn1ccnc1. The largest absolute Gasteiger partial charge is 0.481 e. The average molecular weight is 317 g/mol. The van der Waals surface area contributed by atoms with Gasteiger partial charge in [-0.05, 0) is 37.5 Å². The van der Waals surface area contributed by atoms with Gasteiger partial charge in [0.05, 0.1) is 18.2 Å². The van der Waals surface area contributed by atoms with Gasteiger partial charge in [0, 0.05) is 25.5 Å². The minimum absolute atomic E-state index is 0.0310. The average Bonchev–Trinajstić information content (AvgIpc) is 3.25. The van der Waals surface area contributed by atoms with E-state index in [-0.39, 0.29) is 17.7 Å². The third-order valence-electron chi connectivity index (χ3n) is 5.00. The van der Waals surface area contributed by atoms with E-state index in [1.54, 1.807) is 12.5 Å². The number of imidazole rings is 1. The van der Waals surface area contributed by atoms with E-state index >= 15 is 0 Å². The van der Waals surface area contributed by atoms with E-state index in [1.165, 1.54) is 0 Å². The van der Waals surface area contributed by atoms with Gasteiger partial charge in [0.25, 0.3) is 0 Å². The molecule has 1 aromatic rings. The molecule has 2 aliphatic rings. The molecule has 2 bridgehead atoms. The third-order valence-corrected chi connectivity index (χ3v) is 5.00. The van der Waals surface area contributed by atoms with Gasteiger partial charge >= 0.3 is 5.97 Å². The number of nitrogens with zero attached hydrogens (tertiary/aromatic N) is 2. The number of fused-ring (bicyclic) bond motifs is 2. The number of nitrogens with one attached hydrogen (secondary N) is 1. The number of aromatic nitrogens is 2. The molecule has 6 heteroatoms. The van der Waals surface area contributed by atoms with Gasteiger partial charge in [-0.2, -0.15) is 0 Å². The molecule has 124 valence electrons. The summed E-state index contributed by atoms with van der Waals surface area (Å²) in [6.07, 6.45) is 13.3. The number of carboxylic acids is 1. The van der Waals surface area contributed by atoms with Crippen LogP contribution in [0.15, 0.2) is 30.9 Å². The van der Waals surface area contributed by atoms with Crippen molar-refractivity contribution in [1.29, 1.82) is 0 Å². The molecule has 4 atom stereocenters. The van der Waals surface area contributed by atoms with Crippen LogP contribution in [0, 0.1) is 23.7 Å². The molecule has 2 N–H and O–H groups in total. The van der Waals surface area contributed by atoms with Crippen LogP contribution in [0.2, 0.25) is 0 Å². The molecule has 2 aliphatic carbocycles. The lowest BCUT2D eigenvalue weighted by molar-refractivity contribution is -0.147. The Morgan fingerprint density at radius 3 is 2.65 bits per heavy atom. The van der Waals surface area contributed by atoms with E-state index in [9.17, 15) is 14.7 Å². The van der Waals surface area contributed by atoms with Crippen molar-refractivity contribution in [2.45, 2.75) is 32.2 Å². The van der Waals surface area contributed by atoms with Crippen LogP contribution in [0.4, 0.5) is 0 Å². The Kier molecular flexibility index (Phi) is 4.79. The minimum atomic E-state index is -0.845.